The highest BCUT2D eigenvalue weighted by molar-refractivity contribution is 5.73. The van der Waals surface area contributed by atoms with Gasteiger partial charge in [-0.2, -0.15) is 13.2 Å². The number of alkyl halides is 3. The maximum Gasteiger partial charge on any atom is 0.416 e. The van der Waals surface area contributed by atoms with E-state index in [-0.39, 0.29) is 11.1 Å². The van der Waals surface area contributed by atoms with Crippen molar-refractivity contribution in [2.45, 2.75) is 50.2 Å². The Balaban J connectivity index is 1.87. The van der Waals surface area contributed by atoms with Crippen molar-refractivity contribution in [3.63, 3.8) is 0 Å². The van der Waals surface area contributed by atoms with Crippen LogP contribution in [0.25, 0.3) is 11.1 Å². The normalized spacial score (nSPS) is 19.0. The summed E-state index contributed by atoms with van der Waals surface area (Å²) in [5, 5.41) is 0. The monoisotopic (exact) mass is 298 g/mol. The highest BCUT2D eigenvalue weighted by Gasteiger charge is 2.32. The molecule has 0 spiro atoms. The first-order valence-corrected chi connectivity index (χ1v) is 7.11. The number of aromatic nitrogens is 1. The summed E-state index contributed by atoms with van der Waals surface area (Å²) < 4.78 is 43.6. The van der Waals surface area contributed by atoms with Gasteiger partial charge < -0.3 is 10.2 Å². The molecular formula is C15H17F3N2O. The second-order valence-corrected chi connectivity index (χ2v) is 5.89. The smallest absolute Gasteiger partial charge is 0.416 e. The molecule has 6 heteroatoms. The molecule has 0 aliphatic heterocycles. The molecule has 1 saturated carbocycles. The molecule has 1 aliphatic rings. The molecule has 2 aromatic rings. The standard InChI is InChI=1S/C15H17F3N2O/c16-15(17,18)10-4-5-12-11(8-10)20-13(21-12)9-14(19)6-2-1-3-7-14/h4-5,8H,1-3,6-7,9,19H2. The molecule has 1 aromatic carbocycles. The van der Waals surface area contributed by atoms with Crippen molar-refractivity contribution in [1.82, 2.24) is 4.98 Å². The summed E-state index contributed by atoms with van der Waals surface area (Å²) in [5.41, 5.74) is 5.89. The van der Waals surface area contributed by atoms with E-state index >= 15 is 0 Å². The third-order valence-electron chi connectivity index (χ3n) is 4.11. The number of nitrogens with two attached hydrogens (primary N) is 1. The highest BCUT2D eigenvalue weighted by atomic mass is 19.4. The van der Waals surface area contributed by atoms with Gasteiger partial charge in [-0.3, -0.25) is 0 Å². The summed E-state index contributed by atoms with van der Waals surface area (Å²) in [6.07, 6.45) is 1.25. The van der Waals surface area contributed by atoms with Gasteiger partial charge in [-0.15, -0.1) is 0 Å². The molecule has 0 bridgehead atoms. The zero-order chi connectivity index (χ0) is 15.1. The molecule has 1 aliphatic carbocycles. The number of fused-ring (bicyclic) bond motifs is 1. The molecule has 21 heavy (non-hydrogen) atoms. The Bertz CT molecular complexity index is 642. The van der Waals surface area contributed by atoms with Crippen LogP contribution in [0.4, 0.5) is 13.2 Å². The minimum Gasteiger partial charge on any atom is -0.441 e. The average molecular weight is 298 g/mol. The largest absolute Gasteiger partial charge is 0.441 e. The predicted octanol–water partition coefficient (Wildman–Crippen LogP) is 4.05. The fraction of sp³-hybridized carbons (Fsp3) is 0.533. The van der Waals surface area contributed by atoms with Crippen molar-refractivity contribution < 1.29 is 17.6 Å². The van der Waals surface area contributed by atoms with Crippen LogP contribution in [0.2, 0.25) is 0 Å². The molecule has 2 N–H and O–H groups in total. The van der Waals surface area contributed by atoms with E-state index in [1.807, 2.05) is 0 Å². The van der Waals surface area contributed by atoms with E-state index in [0.717, 1.165) is 37.8 Å². The van der Waals surface area contributed by atoms with Crippen LogP contribution in [0.3, 0.4) is 0 Å². The molecule has 3 nitrogen and oxygen atoms in total. The van der Waals surface area contributed by atoms with Crippen molar-refractivity contribution >= 4 is 11.1 Å². The minimum absolute atomic E-state index is 0.235. The Morgan fingerprint density at radius 1 is 1.19 bits per heavy atom. The van der Waals surface area contributed by atoms with Crippen LogP contribution >= 0.6 is 0 Å². The summed E-state index contributed by atoms with van der Waals surface area (Å²) in [7, 11) is 0. The maximum absolute atomic E-state index is 12.7. The van der Waals surface area contributed by atoms with Crippen molar-refractivity contribution in [1.29, 1.82) is 0 Å². The molecule has 0 saturated heterocycles. The van der Waals surface area contributed by atoms with E-state index in [9.17, 15) is 13.2 Å². The Hall–Kier alpha value is -1.56. The van der Waals surface area contributed by atoms with Gasteiger partial charge in [-0.05, 0) is 31.0 Å². The van der Waals surface area contributed by atoms with Crippen molar-refractivity contribution in [3.05, 3.63) is 29.7 Å². The second kappa shape index (κ2) is 5.02. The number of rotatable bonds is 2. The van der Waals surface area contributed by atoms with Crippen LogP contribution in [-0.2, 0) is 12.6 Å². The number of benzene rings is 1. The van der Waals surface area contributed by atoms with Gasteiger partial charge in [-0.1, -0.05) is 19.3 Å². The zero-order valence-electron chi connectivity index (χ0n) is 11.5. The van der Waals surface area contributed by atoms with Crippen LogP contribution in [0, 0.1) is 0 Å². The number of hydrogen-bond donors (Lipinski definition) is 1. The fourth-order valence-corrected chi connectivity index (χ4v) is 2.96. The van der Waals surface area contributed by atoms with E-state index in [0.29, 0.717) is 17.9 Å². The quantitative estimate of drug-likeness (QED) is 0.910. The van der Waals surface area contributed by atoms with Crippen LogP contribution < -0.4 is 5.73 Å². The second-order valence-electron chi connectivity index (χ2n) is 5.89. The lowest BCUT2D eigenvalue weighted by molar-refractivity contribution is -0.137. The third-order valence-corrected chi connectivity index (χ3v) is 4.11. The summed E-state index contributed by atoms with van der Waals surface area (Å²) >= 11 is 0. The van der Waals surface area contributed by atoms with Gasteiger partial charge in [0.15, 0.2) is 11.5 Å². The lowest BCUT2D eigenvalue weighted by Gasteiger charge is -2.32. The van der Waals surface area contributed by atoms with E-state index in [2.05, 4.69) is 4.98 Å². The van der Waals surface area contributed by atoms with Gasteiger partial charge in [0.1, 0.15) is 5.52 Å². The van der Waals surface area contributed by atoms with E-state index in [4.69, 9.17) is 10.2 Å². The molecule has 0 unspecified atom stereocenters. The molecule has 1 fully saturated rings. The number of halogens is 3. The Kier molecular flexibility index (Phi) is 3.43. The van der Waals surface area contributed by atoms with Crippen molar-refractivity contribution in [2.75, 3.05) is 0 Å². The van der Waals surface area contributed by atoms with Crippen molar-refractivity contribution in [3.8, 4) is 0 Å². The predicted molar refractivity (Wildman–Crippen MR) is 72.7 cm³/mol. The molecule has 114 valence electrons. The van der Waals surface area contributed by atoms with Gasteiger partial charge in [0.25, 0.3) is 0 Å². The first kappa shape index (κ1) is 14.4. The molecule has 1 aromatic heterocycles. The SMILES string of the molecule is NC1(Cc2nc3cc(C(F)(F)F)ccc3o2)CCCCC1. The molecular weight excluding hydrogens is 281 g/mol. The number of oxazole rings is 1. The van der Waals surface area contributed by atoms with E-state index < -0.39 is 11.7 Å². The molecule has 3 rings (SSSR count). The number of hydrogen-bond acceptors (Lipinski definition) is 3. The lowest BCUT2D eigenvalue weighted by atomic mass is 9.80. The summed E-state index contributed by atoms with van der Waals surface area (Å²) in [6, 6.07) is 3.35. The Morgan fingerprint density at radius 3 is 2.57 bits per heavy atom. The van der Waals surface area contributed by atoms with E-state index in [1.54, 1.807) is 0 Å². The number of nitrogens with zero attached hydrogens (tertiary/aromatic N) is 1. The van der Waals surface area contributed by atoms with Crippen LogP contribution in [0.5, 0.6) is 0 Å². The molecule has 0 radical (unpaired) electrons. The molecule has 1 heterocycles. The summed E-state index contributed by atoms with van der Waals surface area (Å²) in [6.45, 7) is 0. The van der Waals surface area contributed by atoms with Crippen LogP contribution in [0.15, 0.2) is 22.6 Å². The van der Waals surface area contributed by atoms with Gasteiger partial charge >= 0.3 is 6.18 Å². The van der Waals surface area contributed by atoms with Gasteiger partial charge in [0, 0.05) is 12.0 Å². The summed E-state index contributed by atoms with van der Waals surface area (Å²) in [4.78, 5) is 4.18. The van der Waals surface area contributed by atoms with Gasteiger partial charge in [0.05, 0.1) is 5.56 Å². The van der Waals surface area contributed by atoms with Crippen LogP contribution in [0.1, 0.15) is 43.6 Å². The van der Waals surface area contributed by atoms with Gasteiger partial charge in [0.2, 0.25) is 0 Å². The Morgan fingerprint density at radius 2 is 1.90 bits per heavy atom. The van der Waals surface area contributed by atoms with Crippen molar-refractivity contribution in [2.24, 2.45) is 5.73 Å². The highest BCUT2D eigenvalue weighted by Crippen LogP contribution is 2.33. The third kappa shape index (κ3) is 3.05. The van der Waals surface area contributed by atoms with Crippen LogP contribution in [-0.4, -0.2) is 10.5 Å². The first-order valence-electron chi connectivity index (χ1n) is 7.11. The van der Waals surface area contributed by atoms with Gasteiger partial charge in [-0.25, -0.2) is 4.98 Å². The Labute approximate surface area is 120 Å². The topological polar surface area (TPSA) is 52.0 Å². The van der Waals surface area contributed by atoms with E-state index in [1.165, 1.54) is 12.5 Å². The lowest BCUT2D eigenvalue weighted by Crippen LogP contribution is -2.43. The average Bonchev–Trinajstić information content (AvgIpc) is 2.78. The fourth-order valence-electron chi connectivity index (χ4n) is 2.96. The molecule has 0 atom stereocenters. The zero-order valence-corrected chi connectivity index (χ0v) is 11.5. The maximum atomic E-state index is 12.7. The minimum atomic E-state index is -4.37. The molecule has 0 amide bonds. The summed E-state index contributed by atoms with van der Waals surface area (Å²) in [5.74, 6) is 0.425. The first-order chi connectivity index (χ1) is 9.86.